The molecule has 0 saturated carbocycles. The van der Waals surface area contributed by atoms with Crippen molar-refractivity contribution < 1.29 is 18.0 Å². The van der Waals surface area contributed by atoms with Crippen molar-refractivity contribution in [2.24, 2.45) is 0 Å². The summed E-state index contributed by atoms with van der Waals surface area (Å²) in [5.74, 6) is -0.368. The zero-order valence-corrected chi connectivity index (χ0v) is 23.4. The number of anilines is 1. The number of carbonyl (C=O) groups excluding carboxylic acids is 2. The number of rotatable bonds is 12. The minimum atomic E-state index is -3.75. The van der Waals surface area contributed by atoms with E-state index in [0.717, 1.165) is 33.7 Å². The molecular weight excluding hydrogens is 474 g/mol. The summed E-state index contributed by atoms with van der Waals surface area (Å²) in [6.45, 7) is 11.7. The molecule has 2 amide bonds. The number of hydrogen-bond acceptors (Lipinski definition) is 4. The Labute approximate surface area is 216 Å². The fourth-order valence-corrected chi connectivity index (χ4v) is 4.86. The predicted molar refractivity (Wildman–Crippen MR) is 146 cm³/mol. The fraction of sp³-hybridized carbons (Fsp3) is 0.500. The summed E-state index contributed by atoms with van der Waals surface area (Å²) in [6, 6.07) is 14.2. The summed E-state index contributed by atoms with van der Waals surface area (Å²) in [5, 5.41) is 2.98. The first-order valence-electron chi connectivity index (χ1n) is 12.6. The second-order valence-corrected chi connectivity index (χ2v) is 11.7. The van der Waals surface area contributed by atoms with Gasteiger partial charge in [-0.05, 0) is 55.9 Å². The van der Waals surface area contributed by atoms with Crippen molar-refractivity contribution in [1.82, 2.24) is 10.2 Å². The molecule has 0 aliphatic heterocycles. The molecule has 0 fully saturated rings. The molecule has 0 saturated heterocycles. The van der Waals surface area contributed by atoms with Crippen LogP contribution in [0.5, 0.6) is 0 Å². The van der Waals surface area contributed by atoms with Crippen LogP contribution >= 0.6 is 0 Å². The second-order valence-electron chi connectivity index (χ2n) is 9.77. The third-order valence-corrected chi connectivity index (χ3v) is 7.49. The molecule has 0 unspecified atom stereocenters. The van der Waals surface area contributed by atoms with Crippen LogP contribution in [0.3, 0.4) is 0 Å². The van der Waals surface area contributed by atoms with Gasteiger partial charge in [-0.2, -0.15) is 0 Å². The smallest absolute Gasteiger partial charge is 0.244 e. The maximum atomic E-state index is 13.7. The highest BCUT2D eigenvalue weighted by atomic mass is 32.2. The summed E-state index contributed by atoms with van der Waals surface area (Å²) in [4.78, 5) is 28.4. The number of amides is 2. The molecule has 0 aromatic heterocycles. The van der Waals surface area contributed by atoms with Crippen LogP contribution < -0.4 is 9.62 Å². The third-order valence-electron chi connectivity index (χ3n) is 6.35. The number of hydrogen-bond donors (Lipinski definition) is 1. The average molecular weight is 516 g/mol. The molecule has 1 N–H and O–H groups in total. The highest BCUT2D eigenvalue weighted by Gasteiger charge is 2.32. The minimum absolute atomic E-state index is 0.0329. The lowest BCUT2D eigenvalue weighted by Crippen LogP contribution is -2.53. The number of carbonyl (C=O) groups is 2. The molecule has 7 nitrogen and oxygen atoms in total. The van der Waals surface area contributed by atoms with Crippen LogP contribution in [0.25, 0.3) is 0 Å². The van der Waals surface area contributed by atoms with Gasteiger partial charge < -0.3 is 10.2 Å². The Morgan fingerprint density at radius 2 is 1.61 bits per heavy atom. The molecule has 2 aromatic rings. The van der Waals surface area contributed by atoms with E-state index in [0.29, 0.717) is 18.0 Å². The number of benzene rings is 2. The Morgan fingerprint density at radius 3 is 2.11 bits per heavy atom. The molecular formula is C28H41N3O4S. The average Bonchev–Trinajstić information content (AvgIpc) is 2.81. The first-order chi connectivity index (χ1) is 16.9. The van der Waals surface area contributed by atoms with Crippen molar-refractivity contribution in [2.45, 2.75) is 78.9 Å². The highest BCUT2D eigenvalue weighted by Crippen LogP contribution is 2.23. The van der Waals surface area contributed by atoms with Crippen LogP contribution in [0.15, 0.2) is 48.5 Å². The first kappa shape index (κ1) is 29.4. The fourth-order valence-electron chi connectivity index (χ4n) is 4.01. The lowest BCUT2D eigenvalue weighted by molar-refractivity contribution is -0.140. The van der Waals surface area contributed by atoms with Crippen LogP contribution in [-0.2, 0) is 26.2 Å². The lowest BCUT2D eigenvalue weighted by Gasteiger charge is -2.33. The molecule has 8 heteroatoms. The largest absolute Gasteiger partial charge is 0.352 e. The van der Waals surface area contributed by atoms with Crippen molar-refractivity contribution in [3.63, 3.8) is 0 Å². The molecule has 0 aliphatic rings. The van der Waals surface area contributed by atoms with Crippen LogP contribution in [0.2, 0.25) is 0 Å². The minimum Gasteiger partial charge on any atom is -0.352 e. The Bertz CT molecular complexity index is 1130. The SMILES string of the molecule is CC[C@@H](C)NC(=O)[C@H](CC)N(Cc1cccc(C)c1)C(=O)CN(c1ccc(C(C)C)cc1)S(C)(=O)=O. The normalized spacial score (nSPS) is 13.2. The van der Waals surface area contributed by atoms with E-state index in [1.165, 1.54) is 4.90 Å². The van der Waals surface area contributed by atoms with Crippen LogP contribution in [0, 0.1) is 6.92 Å². The van der Waals surface area contributed by atoms with Crippen molar-refractivity contribution in [2.75, 3.05) is 17.1 Å². The van der Waals surface area contributed by atoms with Gasteiger partial charge >= 0.3 is 0 Å². The predicted octanol–water partition coefficient (Wildman–Crippen LogP) is 4.61. The highest BCUT2D eigenvalue weighted by molar-refractivity contribution is 7.92. The number of aryl methyl sites for hydroxylation is 1. The van der Waals surface area contributed by atoms with Crippen LogP contribution in [-0.4, -0.2) is 50.0 Å². The van der Waals surface area contributed by atoms with E-state index in [-0.39, 0.29) is 18.5 Å². The third kappa shape index (κ3) is 8.08. The number of sulfonamides is 1. The van der Waals surface area contributed by atoms with Gasteiger partial charge in [-0.1, -0.05) is 69.7 Å². The molecule has 2 aromatic carbocycles. The molecule has 36 heavy (non-hydrogen) atoms. The van der Waals surface area contributed by atoms with Crippen molar-refractivity contribution in [1.29, 1.82) is 0 Å². The standard InChI is InChI=1S/C28H41N3O4S/c1-8-22(6)29-28(33)26(9-2)30(18-23-12-10-11-21(5)17-23)27(32)19-31(36(7,34)35)25-15-13-24(14-16-25)20(3)4/h10-17,20,22,26H,8-9,18-19H2,1-7H3,(H,29,33)/t22-,26+/m1/s1. The molecule has 0 heterocycles. The van der Waals surface area contributed by atoms with E-state index >= 15 is 0 Å². The zero-order chi connectivity index (χ0) is 27.0. The maximum Gasteiger partial charge on any atom is 0.244 e. The Balaban J connectivity index is 2.44. The number of nitrogens with zero attached hydrogens (tertiary/aromatic N) is 2. The van der Waals surface area contributed by atoms with Gasteiger partial charge in [0.2, 0.25) is 21.8 Å². The van der Waals surface area contributed by atoms with Crippen molar-refractivity contribution in [3.8, 4) is 0 Å². The van der Waals surface area contributed by atoms with Gasteiger partial charge in [0.25, 0.3) is 0 Å². The van der Waals surface area contributed by atoms with Crippen LogP contribution in [0.4, 0.5) is 5.69 Å². The Morgan fingerprint density at radius 1 is 0.972 bits per heavy atom. The van der Waals surface area contributed by atoms with Gasteiger partial charge in [0, 0.05) is 12.6 Å². The summed E-state index contributed by atoms with van der Waals surface area (Å²) in [6.07, 6.45) is 2.26. The monoisotopic (exact) mass is 515 g/mol. The number of nitrogens with one attached hydrogen (secondary N) is 1. The van der Waals surface area contributed by atoms with Gasteiger partial charge in [0.1, 0.15) is 12.6 Å². The molecule has 0 spiro atoms. The molecule has 2 rings (SSSR count). The molecule has 2 atom stereocenters. The summed E-state index contributed by atoms with van der Waals surface area (Å²) < 4.78 is 26.6. The van der Waals surface area contributed by atoms with E-state index in [4.69, 9.17) is 0 Å². The zero-order valence-electron chi connectivity index (χ0n) is 22.6. The topological polar surface area (TPSA) is 86.8 Å². The summed E-state index contributed by atoms with van der Waals surface area (Å²) >= 11 is 0. The van der Waals surface area contributed by atoms with E-state index in [1.807, 2.05) is 64.1 Å². The first-order valence-corrected chi connectivity index (χ1v) is 14.4. The molecule has 0 aliphatic carbocycles. The summed E-state index contributed by atoms with van der Waals surface area (Å²) in [5.41, 5.74) is 3.42. The van der Waals surface area contributed by atoms with Crippen molar-refractivity contribution >= 4 is 27.5 Å². The van der Waals surface area contributed by atoms with Gasteiger partial charge in [-0.3, -0.25) is 13.9 Å². The van der Waals surface area contributed by atoms with E-state index < -0.39 is 28.5 Å². The summed E-state index contributed by atoms with van der Waals surface area (Å²) in [7, 11) is -3.75. The maximum absolute atomic E-state index is 13.7. The molecule has 198 valence electrons. The van der Waals surface area contributed by atoms with Gasteiger partial charge in [-0.15, -0.1) is 0 Å². The second kappa shape index (κ2) is 12.9. The van der Waals surface area contributed by atoms with Gasteiger partial charge in [-0.25, -0.2) is 8.42 Å². The van der Waals surface area contributed by atoms with E-state index in [9.17, 15) is 18.0 Å². The van der Waals surface area contributed by atoms with Crippen LogP contribution in [0.1, 0.15) is 70.1 Å². The molecule has 0 bridgehead atoms. The van der Waals surface area contributed by atoms with E-state index in [1.54, 1.807) is 12.1 Å². The Kier molecular flexibility index (Phi) is 10.5. The quantitative estimate of drug-likeness (QED) is 0.447. The van der Waals surface area contributed by atoms with E-state index in [2.05, 4.69) is 19.2 Å². The lowest BCUT2D eigenvalue weighted by atomic mass is 10.0. The van der Waals surface area contributed by atoms with Gasteiger partial charge in [0.05, 0.1) is 11.9 Å². The molecule has 0 radical (unpaired) electrons. The Hall–Kier alpha value is -2.87. The van der Waals surface area contributed by atoms with Gasteiger partial charge in [0.15, 0.2) is 0 Å². The van der Waals surface area contributed by atoms with Crippen molar-refractivity contribution in [3.05, 3.63) is 65.2 Å².